The van der Waals surface area contributed by atoms with Crippen LogP contribution in [0.4, 0.5) is 5.69 Å². The quantitative estimate of drug-likeness (QED) is 0.354. The van der Waals surface area contributed by atoms with Crippen molar-refractivity contribution in [3.05, 3.63) is 56.3 Å². The molecule has 0 aliphatic carbocycles. The average molecular weight is 403 g/mol. The van der Waals surface area contributed by atoms with E-state index in [0.29, 0.717) is 11.1 Å². The van der Waals surface area contributed by atoms with Gasteiger partial charge in [-0.05, 0) is 29.3 Å². The first-order valence-corrected chi connectivity index (χ1v) is 7.85. The highest BCUT2D eigenvalue weighted by Crippen LogP contribution is 2.31. The predicted molar refractivity (Wildman–Crippen MR) is 95.3 cm³/mol. The number of nitrogens with one attached hydrogen (secondary N) is 2. The molecule has 0 atom stereocenters. The van der Waals surface area contributed by atoms with Gasteiger partial charge in [-0.15, -0.1) is 0 Å². The fourth-order valence-electron chi connectivity index (χ4n) is 1.77. The third-order valence-electron chi connectivity index (χ3n) is 3.06. The Kier molecular flexibility index (Phi) is 6.19. The molecule has 0 radical (unpaired) electrons. The van der Waals surface area contributed by atoms with Crippen molar-refractivity contribution in [2.24, 2.45) is 5.10 Å². The molecule has 1 amide bonds. The SMILES string of the molecule is COC(=O)c1ccc(/C=N/NC(=O)c2[nH+]c(Cl)c(Cl)c(N)c2Cl)cc1. The van der Waals surface area contributed by atoms with Gasteiger partial charge in [-0.25, -0.2) is 10.2 Å². The number of aromatic nitrogens is 1. The van der Waals surface area contributed by atoms with Crippen LogP contribution in [0.15, 0.2) is 29.4 Å². The Bertz CT molecular complexity index is 854. The molecule has 0 unspecified atom stereocenters. The van der Waals surface area contributed by atoms with Crippen molar-refractivity contribution < 1.29 is 19.3 Å². The summed E-state index contributed by atoms with van der Waals surface area (Å²) in [6.07, 6.45) is 1.38. The summed E-state index contributed by atoms with van der Waals surface area (Å²) in [5.74, 6) is -1.10. The minimum absolute atomic E-state index is 0.0142. The maximum absolute atomic E-state index is 12.1. The first-order valence-electron chi connectivity index (χ1n) is 6.72. The maximum Gasteiger partial charge on any atom is 0.337 e. The first kappa shape index (κ1) is 19.0. The summed E-state index contributed by atoms with van der Waals surface area (Å²) in [6.45, 7) is 0. The number of ether oxygens (including phenoxy) is 1. The number of H-pyrrole nitrogens is 1. The fourth-order valence-corrected chi connectivity index (χ4v) is 2.38. The van der Waals surface area contributed by atoms with E-state index in [2.05, 4.69) is 20.2 Å². The van der Waals surface area contributed by atoms with Crippen molar-refractivity contribution in [3.8, 4) is 0 Å². The molecule has 130 valence electrons. The van der Waals surface area contributed by atoms with E-state index in [-0.39, 0.29) is 26.6 Å². The Morgan fingerprint density at radius 1 is 1.20 bits per heavy atom. The van der Waals surface area contributed by atoms with Crippen LogP contribution in [-0.4, -0.2) is 25.2 Å². The molecule has 2 rings (SSSR count). The summed E-state index contributed by atoms with van der Waals surface area (Å²) in [5, 5.41) is 3.74. The number of nitrogen functional groups attached to an aromatic ring is 1. The molecule has 4 N–H and O–H groups in total. The Labute approximate surface area is 157 Å². The summed E-state index contributed by atoms with van der Waals surface area (Å²) in [7, 11) is 1.30. The summed E-state index contributed by atoms with van der Waals surface area (Å²) in [5.41, 5.74) is 8.90. The molecule has 0 saturated carbocycles. The van der Waals surface area contributed by atoms with Crippen molar-refractivity contribution in [2.45, 2.75) is 0 Å². The summed E-state index contributed by atoms with van der Waals surface area (Å²) >= 11 is 17.6. The summed E-state index contributed by atoms with van der Waals surface area (Å²) in [6, 6.07) is 6.41. The molecule has 2 aromatic rings. The molecule has 10 heteroatoms. The molecule has 1 aromatic carbocycles. The Morgan fingerprint density at radius 3 is 2.44 bits per heavy atom. The molecule has 0 bridgehead atoms. The zero-order valence-electron chi connectivity index (χ0n) is 12.8. The van der Waals surface area contributed by atoms with Crippen LogP contribution in [0, 0.1) is 0 Å². The number of amides is 1. The van der Waals surface area contributed by atoms with Crippen molar-refractivity contribution in [3.63, 3.8) is 0 Å². The van der Waals surface area contributed by atoms with E-state index in [4.69, 9.17) is 40.5 Å². The van der Waals surface area contributed by atoms with Crippen LogP contribution in [0.5, 0.6) is 0 Å². The van der Waals surface area contributed by atoms with Gasteiger partial charge in [0.15, 0.2) is 0 Å². The second-order valence-electron chi connectivity index (χ2n) is 4.67. The molecule has 7 nitrogen and oxygen atoms in total. The number of halogens is 3. The second-order valence-corrected chi connectivity index (χ2v) is 5.80. The Balaban J connectivity index is 2.10. The number of aromatic amines is 1. The lowest BCUT2D eigenvalue weighted by atomic mass is 10.1. The molecular formula is C15H12Cl3N4O3+. The van der Waals surface area contributed by atoms with Crippen molar-refractivity contribution in [2.75, 3.05) is 12.8 Å². The van der Waals surface area contributed by atoms with E-state index in [1.54, 1.807) is 24.3 Å². The van der Waals surface area contributed by atoms with Crippen molar-refractivity contribution in [1.29, 1.82) is 0 Å². The number of carbonyl (C=O) groups excluding carboxylic acids is 2. The van der Waals surface area contributed by atoms with Gasteiger partial charge < -0.3 is 10.5 Å². The number of rotatable bonds is 4. The minimum atomic E-state index is -0.655. The lowest BCUT2D eigenvalue weighted by molar-refractivity contribution is -0.379. The van der Waals surface area contributed by atoms with E-state index in [9.17, 15) is 9.59 Å². The van der Waals surface area contributed by atoms with E-state index in [0.717, 1.165) is 0 Å². The third kappa shape index (κ3) is 4.39. The molecule has 1 aromatic heterocycles. The van der Waals surface area contributed by atoms with Gasteiger partial charge in [0.25, 0.3) is 10.8 Å². The van der Waals surface area contributed by atoms with Gasteiger partial charge in [-0.3, -0.25) is 4.79 Å². The highest BCUT2D eigenvalue weighted by molar-refractivity contribution is 6.45. The minimum Gasteiger partial charge on any atom is -0.465 e. The first-order chi connectivity index (χ1) is 11.8. The third-order valence-corrected chi connectivity index (χ3v) is 4.22. The van der Waals surface area contributed by atoms with Crippen LogP contribution in [-0.2, 0) is 4.74 Å². The van der Waals surface area contributed by atoms with Crippen LogP contribution < -0.4 is 16.1 Å². The van der Waals surface area contributed by atoms with Gasteiger partial charge in [0.05, 0.1) is 24.6 Å². The number of nitrogens with two attached hydrogens (primary N) is 1. The number of methoxy groups -OCH3 is 1. The van der Waals surface area contributed by atoms with Crippen molar-refractivity contribution >= 4 is 58.6 Å². The fraction of sp³-hybridized carbons (Fsp3) is 0.0667. The molecule has 0 aliphatic rings. The van der Waals surface area contributed by atoms with Crippen LogP contribution in [0.1, 0.15) is 26.4 Å². The number of anilines is 1. The highest BCUT2D eigenvalue weighted by Gasteiger charge is 2.25. The van der Waals surface area contributed by atoms with Crippen LogP contribution in [0.2, 0.25) is 15.2 Å². The lowest BCUT2D eigenvalue weighted by Gasteiger charge is -2.02. The van der Waals surface area contributed by atoms with Gasteiger partial charge in [-0.2, -0.15) is 10.1 Å². The van der Waals surface area contributed by atoms with Gasteiger partial charge >= 0.3 is 11.9 Å². The monoisotopic (exact) mass is 401 g/mol. The van der Waals surface area contributed by atoms with Gasteiger partial charge in [-0.1, -0.05) is 35.3 Å². The zero-order valence-corrected chi connectivity index (χ0v) is 15.0. The zero-order chi connectivity index (χ0) is 18.6. The van der Waals surface area contributed by atoms with E-state index < -0.39 is 11.9 Å². The Hall–Kier alpha value is -2.35. The van der Waals surface area contributed by atoms with E-state index in [1.807, 2.05) is 0 Å². The normalized spacial score (nSPS) is 10.7. The lowest BCUT2D eigenvalue weighted by Crippen LogP contribution is -2.28. The second kappa shape index (κ2) is 8.15. The predicted octanol–water partition coefficient (Wildman–Crippen LogP) is 2.59. The number of carbonyl (C=O) groups is 2. The molecule has 0 saturated heterocycles. The molecule has 0 aliphatic heterocycles. The standard InChI is InChI=1S/C15H11Cl3N4O3/c1-25-15(24)8-4-2-7(3-5-8)6-20-22-14(23)12-9(16)11(19)10(17)13(18)21-12/h2-6H,1H3,(H2,19,21)(H,22,23)/p+1/b20-6+. The number of hydrazone groups is 1. The number of hydrogen-bond acceptors (Lipinski definition) is 5. The number of esters is 1. The molecule has 0 spiro atoms. The van der Waals surface area contributed by atoms with Crippen LogP contribution in [0.25, 0.3) is 0 Å². The molecule has 1 heterocycles. The number of hydrogen-bond donors (Lipinski definition) is 2. The van der Waals surface area contributed by atoms with Crippen LogP contribution >= 0.6 is 34.8 Å². The molecule has 0 fully saturated rings. The number of nitrogens with zero attached hydrogens (tertiary/aromatic N) is 1. The smallest absolute Gasteiger partial charge is 0.337 e. The average Bonchev–Trinajstić information content (AvgIpc) is 2.62. The molecule has 25 heavy (non-hydrogen) atoms. The Morgan fingerprint density at radius 2 is 1.84 bits per heavy atom. The highest BCUT2D eigenvalue weighted by atomic mass is 35.5. The number of benzene rings is 1. The molecular weight excluding hydrogens is 391 g/mol. The maximum atomic E-state index is 12.1. The van der Waals surface area contributed by atoms with Gasteiger partial charge in [0, 0.05) is 0 Å². The van der Waals surface area contributed by atoms with E-state index >= 15 is 0 Å². The topological polar surface area (TPSA) is 108 Å². The number of pyridine rings is 1. The van der Waals surface area contributed by atoms with Gasteiger partial charge in [0.1, 0.15) is 10.0 Å². The largest absolute Gasteiger partial charge is 0.465 e. The van der Waals surface area contributed by atoms with Crippen LogP contribution in [0.3, 0.4) is 0 Å². The van der Waals surface area contributed by atoms with Crippen molar-refractivity contribution in [1.82, 2.24) is 5.43 Å². The summed E-state index contributed by atoms with van der Waals surface area (Å²) in [4.78, 5) is 26.0. The van der Waals surface area contributed by atoms with Gasteiger partial charge in [0.2, 0.25) is 0 Å². The summed E-state index contributed by atoms with van der Waals surface area (Å²) < 4.78 is 4.60. The van der Waals surface area contributed by atoms with E-state index in [1.165, 1.54) is 13.3 Å².